The minimum absolute atomic E-state index is 0.395. The van der Waals surface area contributed by atoms with Gasteiger partial charge in [-0.25, -0.2) is 0 Å². The predicted octanol–water partition coefficient (Wildman–Crippen LogP) is 29.1. The van der Waals surface area contributed by atoms with Crippen molar-refractivity contribution in [3.8, 4) is 55.9 Å². The summed E-state index contributed by atoms with van der Waals surface area (Å²) in [5.41, 5.74) is 40.2. The van der Waals surface area contributed by atoms with Gasteiger partial charge in [0.1, 0.15) is 11.2 Å². The van der Waals surface area contributed by atoms with Gasteiger partial charge >= 0.3 is 0 Å². The summed E-state index contributed by atoms with van der Waals surface area (Å²) in [4.78, 5) is 10.7. The molecule has 8 heterocycles. The van der Waals surface area contributed by atoms with Gasteiger partial charge < -0.3 is 37.6 Å². The maximum Gasteiger partial charge on any atom is 0.252 e. The average Bonchev–Trinajstić information content (AvgIpc) is 1.08. The van der Waals surface area contributed by atoms with Crippen LogP contribution in [0, 0.1) is 0 Å². The van der Waals surface area contributed by atoms with Gasteiger partial charge in [0.2, 0.25) is 0 Å². The van der Waals surface area contributed by atoms with Crippen LogP contribution < -0.4 is 52.4 Å². The Morgan fingerprint density at radius 3 is 0.856 bits per heavy atom. The monoisotopic (exact) mass is 1690 g/mol. The molecule has 8 nitrogen and oxygen atoms in total. The summed E-state index contributed by atoms with van der Waals surface area (Å²) in [7, 11) is 0. The van der Waals surface area contributed by atoms with E-state index in [-0.39, 0.29) is 0 Å². The van der Waals surface area contributed by atoms with Gasteiger partial charge in [0, 0.05) is 122 Å². The third-order valence-corrected chi connectivity index (χ3v) is 28.7. The molecule has 0 amide bonds. The molecule has 4 aromatic heterocycles. The number of para-hydroxylation sites is 10. The number of hydrogen-bond acceptors (Lipinski definition) is 6. The second-order valence-corrected chi connectivity index (χ2v) is 38.1. The second kappa shape index (κ2) is 28.6. The molecule has 132 heavy (non-hydrogen) atoms. The lowest BCUT2D eigenvalue weighted by molar-refractivity contribution is 0.590. The summed E-state index contributed by atoms with van der Waals surface area (Å²) in [5.74, 6) is 0. The fraction of sp³-hybridized carbons (Fsp3) is 0.0656. The SMILES string of the molecule is CC(C)(C)c1cc2c3c(c1)N(c1cccc4c1oc1ccccc14)c1cc(-n4c5ccccc5c5ccccc54)ccc1B3c1cc3c(cc1N2c1c(-c2ccccc2)cccc1-c1ccccc1)N(c1cccc2c1oc1ccccc12)c1cc(C(C)(C)C)cc2c1B3c1ccc(-n3c4ccccc4c4ccccc43)cc1N2c1c(-c2ccccc2)cccc1-c1ccccc1. The van der Waals surface area contributed by atoms with Gasteiger partial charge in [-0.1, -0.05) is 351 Å². The van der Waals surface area contributed by atoms with Crippen LogP contribution in [0.3, 0.4) is 0 Å². The number of furan rings is 2. The van der Waals surface area contributed by atoms with E-state index in [9.17, 15) is 0 Å². The van der Waals surface area contributed by atoms with Crippen molar-refractivity contribution in [1.82, 2.24) is 9.13 Å². The Labute approximate surface area is 766 Å². The highest BCUT2D eigenvalue weighted by atomic mass is 16.3. The molecule has 0 saturated carbocycles. The number of anilines is 12. The van der Waals surface area contributed by atoms with Crippen molar-refractivity contribution in [2.24, 2.45) is 0 Å². The van der Waals surface area contributed by atoms with Crippen molar-refractivity contribution >= 4 is 202 Å². The summed E-state index contributed by atoms with van der Waals surface area (Å²) < 4.78 is 20.0. The topological polar surface area (TPSA) is 49.1 Å². The maximum atomic E-state index is 7.56. The lowest BCUT2D eigenvalue weighted by atomic mass is 9.30. The number of benzene rings is 19. The largest absolute Gasteiger partial charge is 0.454 e. The molecule has 0 bridgehead atoms. The number of fused-ring (bicyclic) bond motifs is 20. The molecule has 0 unspecified atom stereocenters. The van der Waals surface area contributed by atoms with Crippen LogP contribution in [-0.4, -0.2) is 22.6 Å². The molecule has 0 atom stereocenters. The molecule has 0 fully saturated rings. The van der Waals surface area contributed by atoms with Crippen LogP contribution in [0.5, 0.6) is 0 Å². The minimum Gasteiger partial charge on any atom is -0.454 e. The summed E-state index contributed by atoms with van der Waals surface area (Å²) >= 11 is 0. The summed E-state index contributed by atoms with van der Waals surface area (Å²) in [6.07, 6.45) is 0. The molecule has 0 saturated heterocycles. The Balaban J connectivity index is 0.834. The zero-order chi connectivity index (χ0) is 87.7. The van der Waals surface area contributed by atoms with Crippen molar-refractivity contribution in [2.45, 2.75) is 52.4 Å². The van der Waals surface area contributed by atoms with Crippen LogP contribution in [-0.2, 0) is 10.8 Å². The van der Waals surface area contributed by atoms with E-state index in [0.29, 0.717) is 0 Å². The number of nitrogens with zero attached hydrogens (tertiary/aromatic N) is 6. The van der Waals surface area contributed by atoms with Gasteiger partial charge in [0.25, 0.3) is 13.4 Å². The van der Waals surface area contributed by atoms with Crippen molar-refractivity contribution in [2.75, 3.05) is 19.6 Å². The molecular formula is C122H86B2N6O2. The van der Waals surface area contributed by atoms with E-state index in [1.807, 2.05) is 0 Å². The van der Waals surface area contributed by atoms with Crippen molar-refractivity contribution in [3.63, 3.8) is 0 Å². The third kappa shape index (κ3) is 11.2. The number of rotatable bonds is 10. The van der Waals surface area contributed by atoms with Crippen LogP contribution in [0.25, 0.3) is 143 Å². The molecule has 622 valence electrons. The first-order chi connectivity index (χ1) is 64.8. The summed E-state index contributed by atoms with van der Waals surface area (Å²) in [5, 5.41) is 9.05. The minimum atomic E-state index is -0.407. The first kappa shape index (κ1) is 75.8. The van der Waals surface area contributed by atoms with Gasteiger partial charge in [0.15, 0.2) is 11.2 Å². The third-order valence-electron chi connectivity index (χ3n) is 28.7. The smallest absolute Gasteiger partial charge is 0.252 e. The van der Waals surface area contributed by atoms with Gasteiger partial charge in [0.05, 0.1) is 44.8 Å². The molecule has 23 aromatic rings. The summed E-state index contributed by atoms with van der Waals surface area (Å²) in [6, 6.07) is 155. The van der Waals surface area contributed by atoms with Crippen LogP contribution in [0.4, 0.5) is 68.2 Å². The zero-order valence-electron chi connectivity index (χ0n) is 73.9. The molecular weight excluding hydrogens is 1600 g/mol. The quantitative estimate of drug-likeness (QED) is 0.127. The van der Waals surface area contributed by atoms with Gasteiger partial charge in [-0.2, -0.15) is 0 Å². The fourth-order valence-corrected chi connectivity index (χ4v) is 22.8. The maximum absolute atomic E-state index is 7.56. The summed E-state index contributed by atoms with van der Waals surface area (Å²) in [6.45, 7) is 13.5. The predicted molar refractivity (Wildman–Crippen MR) is 557 cm³/mol. The molecule has 0 aliphatic carbocycles. The molecule has 4 aliphatic rings. The Kier molecular flexibility index (Phi) is 16.4. The molecule has 0 spiro atoms. The molecule has 4 aliphatic heterocycles. The van der Waals surface area contributed by atoms with Crippen LogP contribution in [0.15, 0.2) is 421 Å². The van der Waals surface area contributed by atoms with Crippen molar-refractivity contribution in [1.29, 1.82) is 0 Å². The van der Waals surface area contributed by atoms with Gasteiger partial charge in [-0.3, -0.25) is 0 Å². The highest BCUT2D eigenvalue weighted by molar-refractivity contribution is 7.03. The van der Waals surface area contributed by atoms with E-state index in [2.05, 4.69) is 483 Å². The molecule has 19 aromatic carbocycles. The van der Waals surface area contributed by atoms with Crippen LogP contribution in [0.2, 0.25) is 0 Å². The van der Waals surface area contributed by atoms with E-state index in [1.165, 1.54) is 54.5 Å². The molecule has 27 rings (SSSR count). The Bertz CT molecular complexity index is 8570. The highest BCUT2D eigenvalue weighted by Crippen LogP contribution is 2.58. The fourth-order valence-electron chi connectivity index (χ4n) is 22.8. The van der Waals surface area contributed by atoms with Crippen molar-refractivity contribution < 1.29 is 8.83 Å². The van der Waals surface area contributed by atoms with Crippen LogP contribution in [0.1, 0.15) is 52.7 Å². The van der Waals surface area contributed by atoms with E-state index in [4.69, 9.17) is 8.83 Å². The molecule has 0 radical (unpaired) electrons. The highest BCUT2D eigenvalue weighted by Gasteiger charge is 2.51. The number of aromatic nitrogens is 2. The van der Waals surface area contributed by atoms with E-state index >= 15 is 0 Å². The average molecular weight is 1690 g/mol. The van der Waals surface area contributed by atoms with Crippen molar-refractivity contribution in [3.05, 3.63) is 424 Å². The van der Waals surface area contributed by atoms with Gasteiger partial charge in [-0.05, 0) is 180 Å². The van der Waals surface area contributed by atoms with Gasteiger partial charge in [-0.15, -0.1) is 0 Å². The van der Waals surface area contributed by atoms with E-state index in [0.717, 1.165) is 201 Å². The first-order valence-electron chi connectivity index (χ1n) is 46.1. The number of hydrogen-bond donors (Lipinski definition) is 0. The van der Waals surface area contributed by atoms with Crippen LogP contribution >= 0.6 is 0 Å². The zero-order valence-corrected chi connectivity index (χ0v) is 73.9. The second-order valence-electron chi connectivity index (χ2n) is 38.1. The lowest BCUT2D eigenvalue weighted by Crippen LogP contribution is -2.65. The lowest BCUT2D eigenvalue weighted by Gasteiger charge is -2.48. The standard InChI is InChI=1S/C122H86B2N6O2/c1-121(2,3)79-67-109-115-112(70-79)130(118-85(77-39-15-9-16-40-77)51-32-52-86(118)78-41-17-10-18-42-78)108-74-107-97(73-98(108)123(115)95-65-63-81(125-99-55-25-19-43-87(99)88-44-20-26-56-100(88)125)71-105(95)127(109)103-59-33-53-93-91-47-23-29-61-113(91)131-119(93)103)124-96-66-64-82(126-101-57-27-21-45-89(101)90-46-22-28-58-102(90)126)72-106(96)129(117-83(75-35-11-7-12-36-75)49-31-50-84(117)76-37-13-8-14-38-76)111-69-80(122(4,5)6)68-110(116(111)124)128(107)104-60-34-54-94-92-48-24-30-62-114(92)132-120(94)104/h7-74H,1-6H3. The Morgan fingerprint density at radius 2 is 0.500 bits per heavy atom. The van der Waals surface area contributed by atoms with E-state index < -0.39 is 24.3 Å². The molecule has 10 heteroatoms. The first-order valence-corrected chi connectivity index (χ1v) is 46.1. The van der Waals surface area contributed by atoms with E-state index in [1.54, 1.807) is 0 Å². The molecule has 0 N–H and O–H groups in total. The Morgan fingerprint density at radius 1 is 0.212 bits per heavy atom. The normalized spacial score (nSPS) is 13.3. The Hall–Kier alpha value is -16.3.